The van der Waals surface area contributed by atoms with Gasteiger partial charge in [0.15, 0.2) is 17.5 Å². The predicted molar refractivity (Wildman–Crippen MR) is 266 cm³/mol. The second kappa shape index (κ2) is 15.4. The number of fused-ring (bicyclic) bond motifs is 5. The second-order valence-electron chi connectivity index (χ2n) is 15.9. The van der Waals surface area contributed by atoms with Gasteiger partial charge in [-0.15, -0.1) is 11.3 Å². The van der Waals surface area contributed by atoms with Gasteiger partial charge in [-0.3, -0.25) is 0 Å². The van der Waals surface area contributed by atoms with Gasteiger partial charge >= 0.3 is 0 Å². The van der Waals surface area contributed by atoms with Gasteiger partial charge in [-0.1, -0.05) is 212 Å². The lowest BCUT2D eigenvalue weighted by molar-refractivity contribution is 1.08. The molecule has 2 aromatic heterocycles. The first-order chi connectivity index (χ1) is 31.2. The van der Waals surface area contributed by atoms with E-state index in [2.05, 4.69) is 218 Å². The average Bonchev–Trinajstić information content (AvgIpc) is 3.75. The fourth-order valence-electron chi connectivity index (χ4n) is 9.21. The van der Waals surface area contributed by atoms with Crippen LogP contribution >= 0.6 is 11.3 Å². The highest BCUT2D eigenvalue weighted by atomic mass is 32.1. The van der Waals surface area contributed by atoms with Crippen LogP contribution in [0.3, 0.4) is 0 Å². The van der Waals surface area contributed by atoms with Crippen LogP contribution in [0.5, 0.6) is 0 Å². The zero-order valence-corrected chi connectivity index (χ0v) is 34.9. The Morgan fingerprint density at radius 3 is 1.27 bits per heavy atom. The van der Waals surface area contributed by atoms with Crippen LogP contribution in [0.1, 0.15) is 0 Å². The van der Waals surface area contributed by atoms with Gasteiger partial charge in [-0.05, 0) is 78.2 Å². The van der Waals surface area contributed by atoms with E-state index in [0.29, 0.717) is 17.5 Å². The van der Waals surface area contributed by atoms with Crippen molar-refractivity contribution >= 4 is 53.1 Å². The van der Waals surface area contributed by atoms with Crippen LogP contribution in [0.2, 0.25) is 0 Å². The molecule has 0 aliphatic carbocycles. The van der Waals surface area contributed by atoms with Gasteiger partial charge < -0.3 is 0 Å². The monoisotopic (exact) mass is 819 g/mol. The Hall–Kier alpha value is -8.05. The minimum Gasteiger partial charge on any atom is -0.208 e. The summed E-state index contributed by atoms with van der Waals surface area (Å²) in [6.45, 7) is 0. The summed E-state index contributed by atoms with van der Waals surface area (Å²) < 4.78 is 2.42. The zero-order chi connectivity index (χ0) is 41.7. The first-order valence-corrected chi connectivity index (χ1v) is 22.1. The summed E-state index contributed by atoms with van der Waals surface area (Å²) in [5.41, 5.74) is 12.4. The lowest BCUT2D eigenvalue weighted by atomic mass is 9.84. The Balaban J connectivity index is 1.01. The third-order valence-corrected chi connectivity index (χ3v) is 13.4. The van der Waals surface area contributed by atoms with Crippen molar-refractivity contribution in [1.29, 1.82) is 0 Å². The SMILES string of the molecule is c1ccc(-c2ccc(-c3nc(-c4ccc(-c5c6ccccc6c(-c6ccccc6-c6ccccc6)c6ccccc56)cc4)nc(-c4cccc5c4sc4ccccc45)n3)cc2)cc1. The molecule has 0 N–H and O–H groups in total. The summed E-state index contributed by atoms with van der Waals surface area (Å²) in [6, 6.07) is 80.0. The molecule has 0 radical (unpaired) electrons. The molecule has 0 saturated carbocycles. The zero-order valence-electron chi connectivity index (χ0n) is 34.1. The van der Waals surface area contributed by atoms with Crippen molar-refractivity contribution in [2.75, 3.05) is 0 Å². The maximum Gasteiger partial charge on any atom is 0.165 e. The first-order valence-electron chi connectivity index (χ1n) is 21.3. The lowest BCUT2D eigenvalue weighted by Gasteiger charge is -2.19. The molecule has 0 saturated heterocycles. The molecule has 4 heteroatoms. The number of hydrogen-bond donors (Lipinski definition) is 0. The Labute approximate surface area is 369 Å². The van der Waals surface area contributed by atoms with Crippen LogP contribution in [0.15, 0.2) is 224 Å². The molecule has 12 rings (SSSR count). The highest BCUT2D eigenvalue weighted by molar-refractivity contribution is 7.26. The van der Waals surface area contributed by atoms with Crippen molar-refractivity contribution in [3.63, 3.8) is 0 Å². The highest BCUT2D eigenvalue weighted by Gasteiger charge is 2.20. The number of thiophene rings is 1. The minimum absolute atomic E-state index is 0.634. The molecule has 12 aromatic rings. The van der Waals surface area contributed by atoms with Gasteiger partial charge in [0.05, 0.1) is 0 Å². The van der Waals surface area contributed by atoms with E-state index in [9.17, 15) is 0 Å². The quantitative estimate of drug-likeness (QED) is 0.150. The maximum absolute atomic E-state index is 5.25. The van der Waals surface area contributed by atoms with E-state index in [1.54, 1.807) is 11.3 Å². The molecule has 0 bridgehead atoms. The molecule has 0 unspecified atom stereocenters. The minimum atomic E-state index is 0.634. The van der Waals surface area contributed by atoms with Crippen LogP contribution in [0, 0.1) is 0 Å². The van der Waals surface area contributed by atoms with Crippen molar-refractivity contribution < 1.29 is 0 Å². The Morgan fingerprint density at radius 2 is 0.651 bits per heavy atom. The van der Waals surface area contributed by atoms with Crippen LogP contribution in [-0.4, -0.2) is 15.0 Å². The fraction of sp³-hybridized carbons (Fsp3) is 0. The summed E-state index contributed by atoms with van der Waals surface area (Å²) >= 11 is 1.79. The number of benzene rings is 10. The number of aromatic nitrogens is 3. The van der Waals surface area contributed by atoms with Crippen LogP contribution in [-0.2, 0) is 0 Å². The third kappa shape index (κ3) is 6.48. The predicted octanol–water partition coefficient (Wildman–Crippen LogP) is 16.2. The smallest absolute Gasteiger partial charge is 0.165 e. The van der Waals surface area contributed by atoms with E-state index in [4.69, 9.17) is 15.0 Å². The fourth-order valence-corrected chi connectivity index (χ4v) is 10.4. The number of nitrogens with zero attached hydrogens (tertiary/aromatic N) is 3. The molecule has 2 heterocycles. The summed E-state index contributed by atoms with van der Waals surface area (Å²) in [4.78, 5) is 15.6. The number of rotatable bonds is 7. The van der Waals surface area contributed by atoms with Gasteiger partial charge in [0, 0.05) is 36.9 Å². The van der Waals surface area contributed by atoms with Gasteiger partial charge in [0.25, 0.3) is 0 Å². The molecule has 0 spiro atoms. The molecule has 0 aliphatic rings. The standard InChI is InChI=1S/C59H37N3S/c1-3-16-38(17-4-1)39-30-34-42(35-31-39)57-60-58(62-59(61-57)52-28-15-27-51-45-21-13-14-29-53(45)63-56(51)52)43-36-32-41(33-37-43)54-47-23-9-11-25-49(47)55(50-26-12-10-24-48(50)54)46-22-8-7-20-44(46)40-18-5-2-6-19-40/h1-37H. The van der Waals surface area contributed by atoms with Crippen molar-refractivity contribution in [1.82, 2.24) is 15.0 Å². The van der Waals surface area contributed by atoms with E-state index in [1.165, 1.54) is 75.1 Å². The molecule has 0 atom stereocenters. The molecule has 3 nitrogen and oxygen atoms in total. The highest BCUT2D eigenvalue weighted by Crippen LogP contribution is 2.46. The van der Waals surface area contributed by atoms with E-state index in [0.717, 1.165) is 27.8 Å². The van der Waals surface area contributed by atoms with E-state index in [-0.39, 0.29) is 0 Å². The van der Waals surface area contributed by atoms with Crippen LogP contribution in [0.4, 0.5) is 0 Å². The molecule has 63 heavy (non-hydrogen) atoms. The molecule has 294 valence electrons. The molecule has 10 aromatic carbocycles. The van der Waals surface area contributed by atoms with Crippen molar-refractivity contribution in [3.05, 3.63) is 224 Å². The van der Waals surface area contributed by atoms with Crippen molar-refractivity contribution in [2.24, 2.45) is 0 Å². The Kier molecular flexibility index (Phi) is 9.02. The van der Waals surface area contributed by atoms with Crippen LogP contribution < -0.4 is 0 Å². The first kappa shape index (κ1) is 36.8. The molecule has 0 aliphatic heterocycles. The normalized spacial score (nSPS) is 11.5. The summed E-state index contributed by atoms with van der Waals surface area (Å²) in [7, 11) is 0. The molecule has 0 fully saturated rings. The average molecular weight is 820 g/mol. The maximum atomic E-state index is 5.25. The third-order valence-electron chi connectivity index (χ3n) is 12.2. The van der Waals surface area contributed by atoms with Gasteiger partial charge in [-0.25, -0.2) is 15.0 Å². The molecular weight excluding hydrogens is 783 g/mol. The Morgan fingerprint density at radius 1 is 0.238 bits per heavy atom. The lowest BCUT2D eigenvalue weighted by Crippen LogP contribution is -2.00. The summed E-state index contributed by atoms with van der Waals surface area (Å²) in [5.74, 6) is 1.93. The largest absolute Gasteiger partial charge is 0.208 e. The van der Waals surface area contributed by atoms with E-state index >= 15 is 0 Å². The molecular formula is C59H37N3S. The number of hydrogen-bond acceptors (Lipinski definition) is 4. The topological polar surface area (TPSA) is 38.7 Å². The van der Waals surface area contributed by atoms with Crippen molar-refractivity contribution in [3.8, 4) is 78.7 Å². The second-order valence-corrected chi connectivity index (χ2v) is 16.9. The Bertz CT molecular complexity index is 3590. The van der Waals surface area contributed by atoms with Gasteiger partial charge in [0.2, 0.25) is 0 Å². The van der Waals surface area contributed by atoms with E-state index < -0.39 is 0 Å². The van der Waals surface area contributed by atoms with E-state index in [1.807, 2.05) is 6.07 Å². The van der Waals surface area contributed by atoms with Crippen molar-refractivity contribution in [2.45, 2.75) is 0 Å². The van der Waals surface area contributed by atoms with Gasteiger partial charge in [-0.2, -0.15) is 0 Å². The summed E-state index contributed by atoms with van der Waals surface area (Å²) in [6.07, 6.45) is 0. The van der Waals surface area contributed by atoms with Crippen LogP contribution in [0.25, 0.3) is 120 Å². The summed E-state index contributed by atoms with van der Waals surface area (Å²) in [5, 5.41) is 7.32. The molecule has 0 amide bonds. The van der Waals surface area contributed by atoms with Gasteiger partial charge in [0.1, 0.15) is 0 Å².